The molecule has 1 aromatic carbocycles. The van der Waals surface area contributed by atoms with Gasteiger partial charge in [-0.15, -0.1) is 0 Å². The van der Waals surface area contributed by atoms with Crippen LogP contribution >= 0.6 is 0 Å². The Labute approximate surface area is 131 Å². The Morgan fingerprint density at radius 2 is 2.13 bits per heavy atom. The lowest BCUT2D eigenvalue weighted by atomic mass is 10.00. The molecule has 0 aliphatic rings. The van der Waals surface area contributed by atoms with Crippen molar-refractivity contribution in [2.75, 3.05) is 0 Å². The maximum atomic E-state index is 13.1. The summed E-state index contributed by atoms with van der Waals surface area (Å²) in [5.74, 6) is -1.12. The van der Waals surface area contributed by atoms with Gasteiger partial charge in [0, 0.05) is 29.8 Å². The van der Waals surface area contributed by atoms with Crippen molar-refractivity contribution in [1.82, 2.24) is 9.55 Å². The number of nitrogens with two attached hydrogens (primary N) is 1. The van der Waals surface area contributed by atoms with Crippen LogP contribution in [0.5, 0.6) is 0 Å². The lowest BCUT2D eigenvalue weighted by molar-refractivity contribution is 0.0992. The molecule has 0 unspecified atom stereocenters. The third kappa shape index (κ3) is 2.23. The van der Waals surface area contributed by atoms with E-state index in [1.165, 1.54) is 12.3 Å². The fourth-order valence-electron chi connectivity index (χ4n) is 2.94. The van der Waals surface area contributed by atoms with Crippen LogP contribution in [0.2, 0.25) is 0 Å². The molecule has 0 bridgehead atoms. The largest absolute Gasteiger partial charge is 0.364 e. The minimum Gasteiger partial charge on any atom is -0.364 e. The van der Waals surface area contributed by atoms with Crippen LogP contribution in [0.25, 0.3) is 22.0 Å². The zero-order valence-electron chi connectivity index (χ0n) is 12.6. The summed E-state index contributed by atoms with van der Waals surface area (Å²) >= 11 is 0. The minimum absolute atomic E-state index is 0.381. The SMILES string of the molecule is Cc1c(C(N)=O)n(C)c2c(-c3ccc(F)nc3)cc(C#N)cc12. The zero-order chi connectivity index (χ0) is 16.7. The van der Waals surface area contributed by atoms with Crippen molar-refractivity contribution >= 4 is 16.8 Å². The molecule has 0 saturated heterocycles. The standard InChI is InChI=1S/C17H13FN4O/c1-9-12-5-10(7-19)6-13(11-3-4-14(18)21-8-11)16(12)22(2)15(9)17(20)23/h3-6,8H,1-2H3,(H2,20,23). The first kappa shape index (κ1) is 14.7. The second-order valence-electron chi connectivity index (χ2n) is 5.30. The van der Waals surface area contributed by atoms with Crippen molar-refractivity contribution in [2.24, 2.45) is 12.8 Å². The number of halogens is 1. The molecule has 5 nitrogen and oxygen atoms in total. The summed E-state index contributed by atoms with van der Waals surface area (Å²) < 4.78 is 14.8. The van der Waals surface area contributed by atoms with E-state index in [1.54, 1.807) is 36.7 Å². The van der Waals surface area contributed by atoms with Gasteiger partial charge in [0.1, 0.15) is 5.69 Å². The van der Waals surface area contributed by atoms with Gasteiger partial charge in [-0.05, 0) is 36.8 Å². The van der Waals surface area contributed by atoms with Crippen LogP contribution in [0.1, 0.15) is 21.6 Å². The van der Waals surface area contributed by atoms with Crippen LogP contribution in [0, 0.1) is 24.2 Å². The van der Waals surface area contributed by atoms with E-state index in [2.05, 4.69) is 11.1 Å². The third-order valence-electron chi connectivity index (χ3n) is 3.94. The number of fused-ring (bicyclic) bond motifs is 1. The summed E-state index contributed by atoms with van der Waals surface area (Å²) in [4.78, 5) is 15.4. The smallest absolute Gasteiger partial charge is 0.265 e. The summed E-state index contributed by atoms with van der Waals surface area (Å²) in [5.41, 5.74) is 9.12. The van der Waals surface area contributed by atoms with Crippen LogP contribution < -0.4 is 5.73 Å². The molecule has 0 aliphatic heterocycles. The van der Waals surface area contributed by atoms with Gasteiger partial charge in [0.05, 0.1) is 17.1 Å². The molecule has 0 fully saturated rings. The van der Waals surface area contributed by atoms with E-state index >= 15 is 0 Å². The number of aromatic nitrogens is 2. The molecule has 0 spiro atoms. The average molecular weight is 308 g/mol. The number of rotatable bonds is 2. The maximum Gasteiger partial charge on any atom is 0.265 e. The predicted octanol–water partition coefficient (Wildman–Crippen LogP) is 2.66. The molecular formula is C17H13FN4O. The number of carbonyl (C=O) groups excluding carboxylic acids is 1. The molecule has 2 heterocycles. The van der Waals surface area contributed by atoms with Crippen molar-refractivity contribution in [1.29, 1.82) is 5.26 Å². The highest BCUT2D eigenvalue weighted by atomic mass is 19.1. The fraction of sp³-hybridized carbons (Fsp3) is 0.118. The van der Waals surface area contributed by atoms with Crippen molar-refractivity contribution in [3.63, 3.8) is 0 Å². The molecular weight excluding hydrogens is 295 g/mol. The summed E-state index contributed by atoms with van der Waals surface area (Å²) in [7, 11) is 1.74. The van der Waals surface area contributed by atoms with E-state index in [0.717, 1.165) is 10.9 Å². The zero-order valence-corrected chi connectivity index (χ0v) is 12.6. The van der Waals surface area contributed by atoms with Gasteiger partial charge in [-0.2, -0.15) is 9.65 Å². The Morgan fingerprint density at radius 1 is 1.39 bits per heavy atom. The number of hydrogen-bond acceptors (Lipinski definition) is 3. The normalized spacial score (nSPS) is 10.7. The molecule has 0 radical (unpaired) electrons. The maximum absolute atomic E-state index is 13.1. The number of nitriles is 1. The number of amides is 1. The first-order valence-corrected chi connectivity index (χ1v) is 6.89. The Morgan fingerprint density at radius 3 is 2.70 bits per heavy atom. The topological polar surface area (TPSA) is 84.7 Å². The Kier molecular flexibility index (Phi) is 3.34. The minimum atomic E-state index is -0.581. The van der Waals surface area contributed by atoms with Gasteiger partial charge in [-0.3, -0.25) is 4.79 Å². The summed E-state index contributed by atoms with van der Waals surface area (Å²) in [6.07, 6.45) is 1.40. The first-order valence-electron chi connectivity index (χ1n) is 6.89. The van der Waals surface area contributed by atoms with E-state index in [0.29, 0.717) is 27.9 Å². The van der Waals surface area contributed by atoms with Crippen molar-refractivity contribution < 1.29 is 9.18 Å². The van der Waals surface area contributed by atoms with Gasteiger partial charge in [0.2, 0.25) is 5.95 Å². The first-order chi connectivity index (χ1) is 10.9. The fourth-order valence-corrected chi connectivity index (χ4v) is 2.94. The highest BCUT2D eigenvalue weighted by molar-refractivity contribution is 6.05. The second-order valence-corrected chi connectivity index (χ2v) is 5.30. The van der Waals surface area contributed by atoms with Crippen LogP contribution in [-0.2, 0) is 7.05 Å². The summed E-state index contributed by atoms with van der Waals surface area (Å²) in [6, 6.07) is 8.36. The van der Waals surface area contributed by atoms with Gasteiger partial charge < -0.3 is 10.3 Å². The molecule has 0 saturated carbocycles. The van der Waals surface area contributed by atoms with Crippen molar-refractivity contribution in [3.8, 4) is 17.2 Å². The molecule has 2 N–H and O–H groups in total. The van der Waals surface area contributed by atoms with E-state index in [1.807, 2.05) is 0 Å². The monoisotopic (exact) mass is 308 g/mol. The second kappa shape index (κ2) is 5.21. The lowest BCUT2D eigenvalue weighted by Crippen LogP contribution is -2.16. The van der Waals surface area contributed by atoms with Gasteiger partial charge in [-0.1, -0.05) is 0 Å². The van der Waals surface area contributed by atoms with E-state index in [4.69, 9.17) is 5.73 Å². The van der Waals surface area contributed by atoms with Crippen molar-refractivity contribution in [3.05, 3.63) is 53.2 Å². The Bertz CT molecular complexity index is 981. The Hall–Kier alpha value is -3.20. The molecule has 3 rings (SSSR count). The molecule has 6 heteroatoms. The predicted molar refractivity (Wildman–Crippen MR) is 84.1 cm³/mol. The number of primary amides is 1. The van der Waals surface area contributed by atoms with E-state index < -0.39 is 11.9 Å². The molecule has 114 valence electrons. The molecule has 23 heavy (non-hydrogen) atoms. The molecule has 3 aromatic rings. The van der Waals surface area contributed by atoms with Crippen LogP contribution in [-0.4, -0.2) is 15.5 Å². The molecule has 1 amide bonds. The number of carbonyl (C=O) groups is 1. The van der Waals surface area contributed by atoms with Gasteiger partial charge in [0.25, 0.3) is 5.91 Å². The molecule has 0 aliphatic carbocycles. The number of pyridine rings is 1. The van der Waals surface area contributed by atoms with Gasteiger partial charge in [-0.25, -0.2) is 4.98 Å². The number of hydrogen-bond donors (Lipinski definition) is 1. The Balaban J connectivity index is 2.45. The van der Waals surface area contributed by atoms with Crippen LogP contribution in [0.15, 0.2) is 30.5 Å². The lowest BCUT2D eigenvalue weighted by Gasteiger charge is -2.08. The average Bonchev–Trinajstić information content (AvgIpc) is 2.78. The summed E-state index contributed by atoms with van der Waals surface area (Å²) in [6.45, 7) is 1.79. The quantitative estimate of drug-likeness (QED) is 0.739. The highest BCUT2D eigenvalue weighted by Gasteiger charge is 2.20. The third-order valence-corrected chi connectivity index (χ3v) is 3.94. The van der Waals surface area contributed by atoms with Crippen LogP contribution in [0.3, 0.4) is 0 Å². The summed E-state index contributed by atoms with van der Waals surface area (Å²) in [5, 5.41) is 10.0. The molecule has 0 atom stereocenters. The van der Waals surface area contributed by atoms with Gasteiger partial charge >= 0.3 is 0 Å². The van der Waals surface area contributed by atoms with E-state index in [-0.39, 0.29) is 0 Å². The van der Waals surface area contributed by atoms with Crippen molar-refractivity contribution in [2.45, 2.75) is 6.92 Å². The highest BCUT2D eigenvalue weighted by Crippen LogP contribution is 2.34. The van der Waals surface area contributed by atoms with E-state index in [9.17, 15) is 14.4 Å². The molecule has 2 aromatic heterocycles. The number of benzene rings is 1. The number of nitrogens with zero attached hydrogens (tertiary/aromatic N) is 3. The van der Waals surface area contributed by atoms with Crippen LogP contribution in [0.4, 0.5) is 4.39 Å². The van der Waals surface area contributed by atoms with Gasteiger partial charge in [0.15, 0.2) is 0 Å². The number of aryl methyl sites for hydroxylation is 2.